The Hall–Kier alpha value is -3.34. The van der Waals surface area contributed by atoms with Crippen molar-refractivity contribution in [2.75, 3.05) is 0 Å². The van der Waals surface area contributed by atoms with Gasteiger partial charge in [0.05, 0.1) is 16.7 Å². The second-order valence-electron chi connectivity index (χ2n) is 9.12. The summed E-state index contributed by atoms with van der Waals surface area (Å²) in [5.74, 6) is 0.317. The van der Waals surface area contributed by atoms with E-state index in [9.17, 15) is 14.0 Å². The Bertz CT molecular complexity index is 1230. The first-order chi connectivity index (χ1) is 15.7. The number of fused-ring (bicyclic) bond motifs is 1. The molecule has 2 aromatic carbocycles. The molecule has 4 rings (SSSR count). The summed E-state index contributed by atoms with van der Waals surface area (Å²) in [5, 5.41) is 0. The fourth-order valence-electron chi connectivity index (χ4n) is 4.31. The van der Waals surface area contributed by atoms with Crippen LogP contribution in [0.15, 0.2) is 70.8 Å². The Balaban J connectivity index is 0.00000216. The summed E-state index contributed by atoms with van der Waals surface area (Å²) in [4.78, 5) is 30.4. The quantitative estimate of drug-likeness (QED) is 0.359. The van der Waals surface area contributed by atoms with Crippen LogP contribution in [0, 0.1) is 18.7 Å². The molecular weight excluding hydrogens is 417 g/mol. The molecule has 0 bridgehead atoms. The number of benzene rings is 2. The van der Waals surface area contributed by atoms with E-state index in [1.54, 1.807) is 36.4 Å². The maximum absolute atomic E-state index is 13.6. The molecular formula is C28H32FNO3. The van der Waals surface area contributed by atoms with Crippen LogP contribution in [0.1, 0.15) is 58.0 Å². The molecule has 1 heterocycles. The van der Waals surface area contributed by atoms with Gasteiger partial charge in [-0.25, -0.2) is 9.38 Å². The third-order valence-electron chi connectivity index (χ3n) is 6.23. The van der Waals surface area contributed by atoms with Gasteiger partial charge < -0.3 is 4.74 Å². The maximum atomic E-state index is 13.6. The van der Waals surface area contributed by atoms with Crippen LogP contribution in [0.3, 0.4) is 0 Å². The Morgan fingerprint density at radius 1 is 1.24 bits per heavy atom. The van der Waals surface area contributed by atoms with Crippen LogP contribution in [-0.2, 0) is 11.2 Å². The minimum Gasteiger partial charge on any atom is -0.438 e. The molecule has 1 aliphatic carbocycles. The molecule has 2 aromatic rings. The van der Waals surface area contributed by atoms with E-state index in [0.29, 0.717) is 29.7 Å². The van der Waals surface area contributed by atoms with Crippen LogP contribution in [0.25, 0.3) is 0 Å². The van der Waals surface area contributed by atoms with Crippen molar-refractivity contribution in [3.63, 3.8) is 0 Å². The van der Waals surface area contributed by atoms with Gasteiger partial charge in [0.15, 0.2) is 11.6 Å². The summed E-state index contributed by atoms with van der Waals surface area (Å²) in [5.41, 5.74) is 3.28. The first-order valence-corrected chi connectivity index (χ1v) is 11.3. The van der Waals surface area contributed by atoms with Gasteiger partial charge in [0.25, 0.3) is 0 Å². The number of allylic oxidation sites excluding steroid dienone is 2. The van der Waals surface area contributed by atoms with Gasteiger partial charge in [-0.05, 0) is 75.1 Å². The van der Waals surface area contributed by atoms with Crippen molar-refractivity contribution in [2.24, 2.45) is 10.9 Å². The highest BCUT2D eigenvalue weighted by Gasteiger charge is 2.56. The number of para-hydroxylation sites is 1. The molecule has 0 aromatic heterocycles. The fraction of sp³-hybridized carbons (Fsp3) is 0.321. The summed E-state index contributed by atoms with van der Waals surface area (Å²) in [6, 6.07) is 11.8. The van der Waals surface area contributed by atoms with Gasteiger partial charge in [-0.15, -0.1) is 0 Å². The predicted octanol–water partition coefficient (Wildman–Crippen LogP) is 6.47. The molecule has 0 radical (unpaired) electrons. The van der Waals surface area contributed by atoms with E-state index < -0.39 is 5.54 Å². The van der Waals surface area contributed by atoms with Crippen molar-refractivity contribution < 1.29 is 21.6 Å². The van der Waals surface area contributed by atoms with Crippen LogP contribution < -0.4 is 4.74 Å². The van der Waals surface area contributed by atoms with E-state index in [-0.39, 0.29) is 32.1 Å². The Kier molecular flexibility index (Phi) is 6.15. The van der Waals surface area contributed by atoms with E-state index in [1.807, 2.05) is 33.8 Å². The molecule has 0 N–H and O–H groups in total. The lowest BCUT2D eigenvalue weighted by Gasteiger charge is -2.22. The van der Waals surface area contributed by atoms with Gasteiger partial charge in [-0.2, -0.15) is 0 Å². The molecule has 33 heavy (non-hydrogen) atoms. The third-order valence-corrected chi connectivity index (χ3v) is 6.23. The molecule has 0 spiro atoms. The van der Waals surface area contributed by atoms with Gasteiger partial charge in [0, 0.05) is 15.2 Å². The lowest BCUT2D eigenvalue weighted by atomic mass is 9.95. The summed E-state index contributed by atoms with van der Waals surface area (Å²) in [6.45, 7) is 7.43. The minimum atomic E-state index is -0.408. The van der Waals surface area contributed by atoms with Crippen LogP contribution in [0.4, 0.5) is 4.39 Å². The number of halogens is 1. The zero-order valence-corrected chi connectivity index (χ0v) is 19.4. The van der Waals surface area contributed by atoms with Crippen molar-refractivity contribution in [3.8, 4) is 5.75 Å². The van der Waals surface area contributed by atoms with E-state index in [0.717, 1.165) is 23.1 Å². The van der Waals surface area contributed by atoms with Gasteiger partial charge in [-0.3, -0.25) is 9.59 Å². The standard InChI is InChI=1S/C28H28FNO3.2H2/c1-5-24(31)23-14-20-16-28(20,15-19-10-11-21(29)13-18(19)4)30-27(23)33-26-9-7-6-8-22(26)25(32)12-17(2)3;;/h6-14,20H,5,15-16H2,1-4H3;2*1H. The average Bonchev–Trinajstić information content (AvgIpc) is 3.47. The number of hydrogen-bond donors (Lipinski definition) is 0. The number of ketones is 2. The van der Waals surface area contributed by atoms with Crippen molar-refractivity contribution in [1.29, 1.82) is 0 Å². The second kappa shape index (κ2) is 8.89. The number of rotatable bonds is 7. The zero-order chi connectivity index (χ0) is 23.8. The zero-order valence-electron chi connectivity index (χ0n) is 19.4. The number of carbonyl (C=O) groups is 2. The highest BCUT2D eigenvalue weighted by atomic mass is 19.1. The molecule has 2 aliphatic rings. The second-order valence-corrected chi connectivity index (χ2v) is 9.12. The largest absolute Gasteiger partial charge is 0.438 e. The molecule has 2 atom stereocenters. The normalized spacial score (nSPS) is 20.8. The molecule has 0 saturated heterocycles. The van der Waals surface area contributed by atoms with E-state index in [4.69, 9.17) is 9.73 Å². The Labute approximate surface area is 196 Å². The van der Waals surface area contributed by atoms with Crippen LogP contribution in [-0.4, -0.2) is 23.0 Å². The number of aryl methyl sites for hydroxylation is 1. The van der Waals surface area contributed by atoms with Crippen LogP contribution in [0.5, 0.6) is 5.75 Å². The fourth-order valence-corrected chi connectivity index (χ4v) is 4.31. The number of Topliss-reactive ketones (excluding diaryl/α,β-unsaturated/α-hetero) is 1. The number of nitrogens with zero attached hydrogens (tertiary/aromatic N) is 1. The predicted molar refractivity (Wildman–Crippen MR) is 132 cm³/mol. The van der Waals surface area contributed by atoms with Gasteiger partial charge >= 0.3 is 0 Å². The summed E-state index contributed by atoms with van der Waals surface area (Å²) in [6.07, 6.45) is 5.31. The topological polar surface area (TPSA) is 55.7 Å². The van der Waals surface area contributed by atoms with Crippen LogP contribution >= 0.6 is 0 Å². The average molecular weight is 450 g/mol. The lowest BCUT2D eigenvalue weighted by Crippen LogP contribution is -2.28. The third kappa shape index (κ3) is 4.72. The first-order valence-electron chi connectivity index (χ1n) is 11.3. The molecule has 4 nitrogen and oxygen atoms in total. The molecule has 2 unspecified atom stereocenters. The van der Waals surface area contributed by atoms with E-state index in [2.05, 4.69) is 0 Å². The number of carbonyl (C=O) groups excluding carboxylic acids is 2. The lowest BCUT2D eigenvalue weighted by molar-refractivity contribution is -0.114. The number of hydrogen-bond acceptors (Lipinski definition) is 4. The van der Waals surface area contributed by atoms with Crippen LogP contribution in [0.2, 0.25) is 0 Å². The Morgan fingerprint density at radius 3 is 2.70 bits per heavy atom. The highest BCUT2D eigenvalue weighted by Crippen LogP contribution is 2.53. The van der Waals surface area contributed by atoms with Crippen molar-refractivity contribution in [3.05, 3.63) is 88.3 Å². The monoisotopic (exact) mass is 449 g/mol. The molecule has 174 valence electrons. The highest BCUT2D eigenvalue weighted by molar-refractivity contribution is 6.21. The molecule has 1 fully saturated rings. The number of aliphatic imine (C=N–C) groups is 1. The molecule has 1 saturated carbocycles. The minimum absolute atomic E-state index is 0. The number of dihydropyridines is 1. The van der Waals surface area contributed by atoms with Crippen molar-refractivity contribution in [1.82, 2.24) is 0 Å². The van der Waals surface area contributed by atoms with E-state index >= 15 is 0 Å². The smallest absolute Gasteiger partial charge is 0.225 e. The van der Waals surface area contributed by atoms with Gasteiger partial charge in [-0.1, -0.05) is 36.8 Å². The van der Waals surface area contributed by atoms with E-state index in [1.165, 1.54) is 12.1 Å². The molecule has 0 amide bonds. The SMILES string of the molecule is CCC(=O)C1=CC2CC2(Cc2ccc(F)cc2C)N=C1Oc1ccccc1C(=O)C=C(C)C.[HH].[HH]. The summed E-state index contributed by atoms with van der Waals surface area (Å²) >= 11 is 0. The molecule has 5 heteroatoms. The first kappa shape index (κ1) is 22.8. The van der Waals surface area contributed by atoms with Crippen molar-refractivity contribution in [2.45, 2.75) is 52.5 Å². The Morgan fingerprint density at radius 2 is 2.00 bits per heavy atom. The number of ether oxygens (including phenoxy) is 1. The van der Waals surface area contributed by atoms with Gasteiger partial charge in [0.2, 0.25) is 5.90 Å². The van der Waals surface area contributed by atoms with Gasteiger partial charge in [0.1, 0.15) is 11.6 Å². The maximum Gasteiger partial charge on any atom is 0.225 e. The van der Waals surface area contributed by atoms with Crippen molar-refractivity contribution >= 4 is 17.5 Å². The molecule has 1 aliphatic heterocycles. The summed E-state index contributed by atoms with van der Waals surface area (Å²) < 4.78 is 19.8. The summed E-state index contributed by atoms with van der Waals surface area (Å²) in [7, 11) is 0.